The number of nitrogen functional groups attached to an aromatic ring is 1. The van der Waals surface area contributed by atoms with E-state index in [2.05, 4.69) is 25.6 Å². The summed E-state index contributed by atoms with van der Waals surface area (Å²) >= 11 is 0. The van der Waals surface area contributed by atoms with Crippen molar-refractivity contribution in [1.82, 2.24) is 19.5 Å². The number of rotatable bonds is 6. The Hall–Kier alpha value is -4.14. The van der Waals surface area contributed by atoms with Crippen molar-refractivity contribution in [3.8, 4) is 11.4 Å². The number of carbonyl (C=O) groups excluding carboxylic acids is 1. The van der Waals surface area contributed by atoms with E-state index in [9.17, 15) is 20.1 Å². The van der Waals surface area contributed by atoms with Crippen molar-refractivity contribution in [2.45, 2.75) is 31.1 Å². The van der Waals surface area contributed by atoms with Crippen LogP contribution in [0.4, 0.5) is 22.0 Å². The summed E-state index contributed by atoms with van der Waals surface area (Å²) in [7, 11) is 0. The van der Waals surface area contributed by atoms with Gasteiger partial charge in [0.05, 0.1) is 19.5 Å². The first-order valence-electron chi connectivity index (χ1n) is 11.4. The lowest BCUT2D eigenvalue weighted by Crippen LogP contribution is -2.33. The summed E-state index contributed by atoms with van der Waals surface area (Å²) < 4.78 is 7.03. The van der Waals surface area contributed by atoms with Crippen molar-refractivity contribution >= 4 is 34.4 Å². The molecule has 0 bridgehead atoms. The molecular weight excluding hydrogens is 482 g/mol. The highest BCUT2D eigenvalue weighted by atomic mass is 16.6. The molecular formula is C24H25N7O6. The molecule has 0 unspecified atom stereocenters. The molecule has 4 atom stereocenters. The van der Waals surface area contributed by atoms with Gasteiger partial charge in [-0.15, -0.1) is 0 Å². The molecule has 13 heteroatoms. The van der Waals surface area contributed by atoms with Crippen LogP contribution in [0.1, 0.15) is 11.8 Å². The zero-order valence-corrected chi connectivity index (χ0v) is 19.4. The van der Waals surface area contributed by atoms with E-state index in [1.807, 2.05) is 0 Å². The van der Waals surface area contributed by atoms with Crippen LogP contribution < -0.4 is 16.4 Å². The van der Waals surface area contributed by atoms with Crippen LogP contribution in [-0.2, 0) is 11.3 Å². The summed E-state index contributed by atoms with van der Waals surface area (Å²) in [5.41, 5.74) is 9.14. The molecule has 0 radical (unpaired) electrons. The first kappa shape index (κ1) is 24.5. The number of benzene rings is 2. The van der Waals surface area contributed by atoms with Crippen LogP contribution in [0.5, 0.6) is 0 Å². The van der Waals surface area contributed by atoms with Crippen LogP contribution in [0.2, 0.25) is 0 Å². The number of nitrogens with one attached hydrogen (secondary N) is 2. The molecule has 192 valence electrons. The number of hydrogen-bond donors (Lipinski definition) is 7. The fraction of sp³-hybridized carbons (Fsp3) is 0.250. The number of ether oxygens (including phenoxy) is 1. The van der Waals surface area contributed by atoms with Crippen LogP contribution in [0.25, 0.3) is 22.6 Å². The Morgan fingerprint density at radius 1 is 0.973 bits per heavy atom. The van der Waals surface area contributed by atoms with Gasteiger partial charge in [0.25, 0.3) is 0 Å². The van der Waals surface area contributed by atoms with E-state index in [0.29, 0.717) is 22.5 Å². The van der Waals surface area contributed by atoms with Crippen LogP contribution in [0.3, 0.4) is 0 Å². The summed E-state index contributed by atoms with van der Waals surface area (Å²) in [6.07, 6.45) is -3.18. The standard InChI is InChI=1S/C24H25N7O6/c25-20-17-22(31(11-26-17)23-19(35)18(34)16(10-33)37-23)30-21(29-20)13-3-7-15(8-4-13)28-24(36)27-14-5-1-12(9-32)2-6-14/h1-8,11,16,18-19,23,32-35H,9-10H2,(H2,25,29,30)(H2,27,28,36)/t16-,18-,19-,23-/m1/s1. The number of anilines is 3. The van der Waals surface area contributed by atoms with Gasteiger partial charge in [-0.25, -0.2) is 19.7 Å². The molecule has 4 aromatic rings. The van der Waals surface area contributed by atoms with Gasteiger partial charge in [-0.3, -0.25) is 4.57 Å². The number of fused-ring (bicyclic) bond motifs is 1. The Morgan fingerprint density at radius 2 is 1.62 bits per heavy atom. The molecule has 2 amide bonds. The van der Waals surface area contributed by atoms with Crippen molar-refractivity contribution in [2.75, 3.05) is 23.0 Å². The van der Waals surface area contributed by atoms with Gasteiger partial charge in [-0.2, -0.15) is 0 Å². The van der Waals surface area contributed by atoms with Gasteiger partial charge in [0, 0.05) is 16.9 Å². The van der Waals surface area contributed by atoms with Gasteiger partial charge in [0.2, 0.25) is 0 Å². The average Bonchev–Trinajstić information content (AvgIpc) is 3.45. The molecule has 1 saturated heterocycles. The maximum absolute atomic E-state index is 12.3. The number of carbonyl (C=O) groups is 1. The lowest BCUT2D eigenvalue weighted by Gasteiger charge is -2.16. The Kier molecular flexibility index (Phi) is 6.69. The Morgan fingerprint density at radius 3 is 2.22 bits per heavy atom. The number of aromatic nitrogens is 4. The molecule has 37 heavy (non-hydrogen) atoms. The summed E-state index contributed by atoms with van der Waals surface area (Å²) in [5.74, 6) is 0.387. The second kappa shape index (κ2) is 10.1. The quantitative estimate of drug-likeness (QED) is 0.196. The van der Waals surface area contributed by atoms with Crippen molar-refractivity contribution in [1.29, 1.82) is 0 Å². The molecule has 1 aliphatic heterocycles. The molecule has 1 aliphatic rings. The van der Waals surface area contributed by atoms with E-state index in [1.165, 1.54) is 10.9 Å². The van der Waals surface area contributed by atoms with Gasteiger partial charge in [0.15, 0.2) is 23.5 Å². The number of hydrogen-bond acceptors (Lipinski definition) is 10. The largest absolute Gasteiger partial charge is 0.394 e. The number of nitrogens with two attached hydrogens (primary N) is 1. The van der Waals surface area contributed by atoms with E-state index in [1.54, 1.807) is 48.5 Å². The molecule has 3 heterocycles. The maximum Gasteiger partial charge on any atom is 0.323 e. The van der Waals surface area contributed by atoms with Crippen molar-refractivity contribution < 1.29 is 30.0 Å². The van der Waals surface area contributed by atoms with Gasteiger partial charge >= 0.3 is 6.03 Å². The van der Waals surface area contributed by atoms with E-state index in [0.717, 1.165) is 5.56 Å². The molecule has 2 aromatic heterocycles. The first-order chi connectivity index (χ1) is 17.9. The Bertz CT molecular complexity index is 1410. The molecule has 0 aliphatic carbocycles. The third-order valence-electron chi connectivity index (χ3n) is 6.04. The second-order valence-electron chi connectivity index (χ2n) is 8.50. The van der Waals surface area contributed by atoms with Crippen molar-refractivity contribution in [3.05, 3.63) is 60.4 Å². The SMILES string of the molecule is Nc1nc(-c2ccc(NC(=O)Nc3ccc(CO)cc3)cc2)nc2c1ncn2[C@@H]1O[C@H](CO)[C@@H](O)[C@H]1O. The molecule has 13 nitrogen and oxygen atoms in total. The fourth-order valence-corrected chi connectivity index (χ4v) is 4.05. The monoisotopic (exact) mass is 507 g/mol. The predicted molar refractivity (Wildman–Crippen MR) is 133 cm³/mol. The molecule has 2 aromatic carbocycles. The smallest absolute Gasteiger partial charge is 0.323 e. The third-order valence-corrected chi connectivity index (χ3v) is 6.04. The van der Waals surface area contributed by atoms with Crippen molar-refractivity contribution in [3.63, 3.8) is 0 Å². The molecule has 8 N–H and O–H groups in total. The Labute approximate surface area is 210 Å². The summed E-state index contributed by atoms with van der Waals surface area (Å²) in [6.45, 7) is -0.536. The minimum absolute atomic E-state index is 0.0763. The van der Waals surface area contributed by atoms with E-state index < -0.39 is 37.2 Å². The zero-order valence-electron chi connectivity index (χ0n) is 19.4. The minimum Gasteiger partial charge on any atom is -0.394 e. The summed E-state index contributed by atoms with van der Waals surface area (Å²) in [4.78, 5) is 25.4. The molecule has 0 saturated carbocycles. The lowest BCUT2D eigenvalue weighted by molar-refractivity contribution is -0.0511. The normalized spacial score (nSPS) is 21.3. The van der Waals surface area contributed by atoms with Crippen LogP contribution in [0.15, 0.2) is 54.9 Å². The highest BCUT2D eigenvalue weighted by Crippen LogP contribution is 2.33. The van der Waals surface area contributed by atoms with Gasteiger partial charge < -0.3 is 41.5 Å². The van der Waals surface area contributed by atoms with Crippen LogP contribution in [-0.4, -0.2) is 70.9 Å². The van der Waals surface area contributed by atoms with Gasteiger partial charge in [0.1, 0.15) is 23.8 Å². The molecule has 1 fully saturated rings. The number of imidazole rings is 1. The first-order valence-corrected chi connectivity index (χ1v) is 11.4. The van der Waals surface area contributed by atoms with E-state index >= 15 is 0 Å². The number of nitrogens with zero attached hydrogens (tertiary/aromatic N) is 4. The van der Waals surface area contributed by atoms with Gasteiger partial charge in [-0.1, -0.05) is 12.1 Å². The fourth-order valence-electron chi connectivity index (χ4n) is 4.05. The van der Waals surface area contributed by atoms with E-state index in [-0.39, 0.29) is 23.9 Å². The molecule has 5 rings (SSSR count). The maximum atomic E-state index is 12.3. The van der Waals surface area contributed by atoms with E-state index in [4.69, 9.17) is 15.6 Å². The number of aliphatic hydroxyl groups is 4. The lowest BCUT2D eigenvalue weighted by atomic mass is 10.1. The number of urea groups is 1. The topological polar surface area (TPSA) is 201 Å². The minimum atomic E-state index is -1.31. The number of amides is 2. The average molecular weight is 508 g/mol. The van der Waals surface area contributed by atoms with Gasteiger partial charge in [-0.05, 0) is 42.0 Å². The highest BCUT2D eigenvalue weighted by Gasteiger charge is 2.44. The van der Waals surface area contributed by atoms with Crippen LogP contribution in [0, 0.1) is 0 Å². The van der Waals surface area contributed by atoms with Crippen molar-refractivity contribution in [2.24, 2.45) is 0 Å². The highest BCUT2D eigenvalue weighted by molar-refractivity contribution is 5.99. The Balaban J connectivity index is 1.34. The number of aliphatic hydroxyl groups excluding tert-OH is 4. The summed E-state index contributed by atoms with van der Waals surface area (Å²) in [5, 5.41) is 44.5. The molecule has 0 spiro atoms. The van der Waals surface area contributed by atoms with Crippen LogP contribution >= 0.6 is 0 Å². The third kappa shape index (κ3) is 4.81. The summed E-state index contributed by atoms with van der Waals surface area (Å²) in [6, 6.07) is 13.1. The predicted octanol–water partition coefficient (Wildman–Crippen LogP) is 0.823. The second-order valence-corrected chi connectivity index (χ2v) is 8.50. The zero-order chi connectivity index (χ0) is 26.1.